The van der Waals surface area contributed by atoms with Crippen molar-refractivity contribution in [3.63, 3.8) is 0 Å². The van der Waals surface area contributed by atoms with Crippen LogP contribution in [0.5, 0.6) is 0 Å². The Bertz CT molecular complexity index is 444. The fourth-order valence-electron chi connectivity index (χ4n) is 3.11. The quantitative estimate of drug-likeness (QED) is 0.777. The third kappa shape index (κ3) is 2.00. The Hall–Kier alpha value is -1.22. The molecule has 2 aliphatic heterocycles. The molecule has 0 bridgehead atoms. The molecule has 0 saturated heterocycles. The van der Waals surface area contributed by atoms with Gasteiger partial charge in [-0.2, -0.15) is 0 Å². The van der Waals surface area contributed by atoms with E-state index < -0.39 is 0 Å². The maximum Gasteiger partial charge on any atom is 0.107 e. The van der Waals surface area contributed by atoms with E-state index in [9.17, 15) is 0 Å². The van der Waals surface area contributed by atoms with Crippen LogP contribution in [-0.4, -0.2) is 36.6 Å². The standard InChI is InChI=1S/C14H21N3/c1-10-6-11(9-17(2)8-10)13-7-16-14-12(13)4-3-5-15-14/h6-7,10,15-16H,3-5,8-9H2,1-2H3/t10-/m1/s1. The predicted octanol–water partition coefficient (Wildman–Crippen LogP) is 2.34. The number of aromatic nitrogens is 1. The largest absolute Gasteiger partial charge is 0.371 e. The van der Waals surface area contributed by atoms with Gasteiger partial charge in [-0.3, -0.25) is 0 Å². The van der Waals surface area contributed by atoms with E-state index in [1.807, 2.05) is 0 Å². The van der Waals surface area contributed by atoms with Crippen LogP contribution >= 0.6 is 0 Å². The average molecular weight is 231 g/mol. The van der Waals surface area contributed by atoms with Gasteiger partial charge in [-0.05, 0) is 31.4 Å². The molecule has 1 aromatic rings. The number of nitrogens with one attached hydrogen (secondary N) is 2. The second kappa shape index (κ2) is 4.22. The Kier molecular flexibility index (Phi) is 2.71. The van der Waals surface area contributed by atoms with Gasteiger partial charge in [0.2, 0.25) is 0 Å². The molecule has 0 unspecified atom stereocenters. The molecule has 0 radical (unpaired) electrons. The fraction of sp³-hybridized carbons (Fsp3) is 0.571. The molecule has 0 amide bonds. The van der Waals surface area contributed by atoms with Gasteiger partial charge in [-0.25, -0.2) is 0 Å². The predicted molar refractivity (Wildman–Crippen MR) is 72.2 cm³/mol. The molecule has 1 aromatic heterocycles. The summed E-state index contributed by atoms with van der Waals surface area (Å²) in [5, 5.41) is 3.45. The lowest BCUT2D eigenvalue weighted by molar-refractivity contribution is 0.329. The zero-order chi connectivity index (χ0) is 11.8. The van der Waals surface area contributed by atoms with Gasteiger partial charge < -0.3 is 15.2 Å². The molecule has 2 N–H and O–H groups in total. The van der Waals surface area contributed by atoms with Gasteiger partial charge in [0, 0.05) is 37.0 Å². The average Bonchev–Trinajstić information content (AvgIpc) is 2.71. The first-order chi connectivity index (χ1) is 8.24. The van der Waals surface area contributed by atoms with Crippen molar-refractivity contribution in [3.8, 4) is 0 Å². The van der Waals surface area contributed by atoms with Crippen LogP contribution in [0, 0.1) is 5.92 Å². The highest BCUT2D eigenvalue weighted by Gasteiger charge is 2.21. The van der Waals surface area contributed by atoms with Gasteiger partial charge in [-0.15, -0.1) is 0 Å². The van der Waals surface area contributed by atoms with Crippen LogP contribution in [0.4, 0.5) is 5.82 Å². The van der Waals surface area contributed by atoms with Crippen LogP contribution in [0.2, 0.25) is 0 Å². The summed E-state index contributed by atoms with van der Waals surface area (Å²) < 4.78 is 0. The van der Waals surface area contributed by atoms with Gasteiger partial charge in [0.25, 0.3) is 0 Å². The highest BCUT2D eigenvalue weighted by Crippen LogP contribution is 2.32. The maximum atomic E-state index is 3.45. The number of hydrogen-bond donors (Lipinski definition) is 2. The summed E-state index contributed by atoms with van der Waals surface area (Å²) in [5.74, 6) is 1.90. The van der Waals surface area contributed by atoms with Crippen LogP contribution in [-0.2, 0) is 6.42 Å². The molecule has 0 saturated carbocycles. The van der Waals surface area contributed by atoms with Crippen molar-refractivity contribution in [3.05, 3.63) is 23.4 Å². The van der Waals surface area contributed by atoms with Crippen molar-refractivity contribution in [2.45, 2.75) is 19.8 Å². The molecule has 0 aliphatic carbocycles. The Balaban J connectivity index is 1.96. The number of hydrogen-bond acceptors (Lipinski definition) is 2. The maximum absolute atomic E-state index is 3.45. The van der Waals surface area contributed by atoms with Gasteiger partial charge in [0.1, 0.15) is 5.82 Å². The summed E-state index contributed by atoms with van der Waals surface area (Å²) in [5.41, 5.74) is 4.42. The zero-order valence-corrected chi connectivity index (χ0v) is 10.7. The Morgan fingerprint density at radius 3 is 3.12 bits per heavy atom. The summed E-state index contributed by atoms with van der Waals surface area (Å²) in [6, 6.07) is 0. The van der Waals surface area contributed by atoms with Crippen LogP contribution in [0.1, 0.15) is 24.5 Å². The topological polar surface area (TPSA) is 31.1 Å². The van der Waals surface area contributed by atoms with Crippen LogP contribution < -0.4 is 5.32 Å². The van der Waals surface area contributed by atoms with Crippen molar-refractivity contribution < 1.29 is 0 Å². The molecular formula is C14H21N3. The number of likely N-dealkylation sites (N-methyl/N-ethyl adjacent to an activating group) is 1. The summed E-state index contributed by atoms with van der Waals surface area (Å²) in [6.07, 6.45) is 7.08. The molecule has 1 atom stereocenters. The van der Waals surface area contributed by atoms with Gasteiger partial charge >= 0.3 is 0 Å². The first-order valence-corrected chi connectivity index (χ1v) is 6.58. The molecule has 3 nitrogen and oxygen atoms in total. The molecule has 3 heterocycles. The van der Waals surface area contributed by atoms with Crippen LogP contribution in [0.15, 0.2) is 12.3 Å². The summed E-state index contributed by atoms with van der Waals surface area (Å²) in [7, 11) is 2.21. The smallest absolute Gasteiger partial charge is 0.107 e. The van der Waals surface area contributed by atoms with E-state index in [4.69, 9.17) is 0 Å². The minimum Gasteiger partial charge on any atom is -0.371 e. The van der Waals surface area contributed by atoms with Crippen molar-refractivity contribution in [2.75, 3.05) is 32.0 Å². The minimum absolute atomic E-state index is 0.658. The van der Waals surface area contributed by atoms with E-state index in [0.717, 1.165) is 13.1 Å². The number of nitrogens with zero attached hydrogens (tertiary/aromatic N) is 1. The van der Waals surface area contributed by atoms with Crippen LogP contribution in [0.25, 0.3) is 5.57 Å². The van der Waals surface area contributed by atoms with Crippen molar-refractivity contribution in [1.29, 1.82) is 0 Å². The normalized spacial score (nSPS) is 25.1. The second-order valence-electron chi connectivity index (χ2n) is 5.45. The lowest BCUT2D eigenvalue weighted by atomic mass is 9.93. The molecule has 3 rings (SSSR count). The Morgan fingerprint density at radius 1 is 1.41 bits per heavy atom. The molecule has 0 aromatic carbocycles. The molecule has 0 fully saturated rings. The first kappa shape index (κ1) is 10.9. The summed E-state index contributed by atoms with van der Waals surface area (Å²) >= 11 is 0. The Morgan fingerprint density at radius 2 is 2.29 bits per heavy atom. The van der Waals surface area contributed by atoms with E-state index >= 15 is 0 Å². The molecule has 17 heavy (non-hydrogen) atoms. The molecule has 2 aliphatic rings. The van der Waals surface area contributed by atoms with Gasteiger partial charge in [0.15, 0.2) is 0 Å². The fourth-order valence-corrected chi connectivity index (χ4v) is 3.11. The van der Waals surface area contributed by atoms with E-state index in [1.54, 1.807) is 0 Å². The van der Waals surface area contributed by atoms with E-state index in [1.165, 1.54) is 41.9 Å². The summed E-state index contributed by atoms with van der Waals surface area (Å²) in [6.45, 7) is 5.65. The van der Waals surface area contributed by atoms with E-state index in [0.29, 0.717) is 5.92 Å². The second-order valence-corrected chi connectivity index (χ2v) is 5.45. The SMILES string of the molecule is C[C@@H]1C=C(c2c[nH]c3c2CCCN3)CN(C)C1. The van der Waals surface area contributed by atoms with Gasteiger partial charge in [-0.1, -0.05) is 13.0 Å². The minimum atomic E-state index is 0.658. The number of fused-ring (bicyclic) bond motifs is 1. The first-order valence-electron chi connectivity index (χ1n) is 6.58. The lowest BCUT2D eigenvalue weighted by Gasteiger charge is -2.28. The van der Waals surface area contributed by atoms with E-state index in [2.05, 4.69) is 41.4 Å². The third-order valence-corrected chi connectivity index (χ3v) is 3.76. The van der Waals surface area contributed by atoms with Crippen molar-refractivity contribution in [2.24, 2.45) is 5.92 Å². The van der Waals surface area contributed by atoms with E-state index in [-0.39, 0.29) is 0 Å². The van der Waals surface area contributed by atoms with Gasteiger partial charge in [0.05, 0.1) is 0 Å². The molecule has 3 heteroatoms. The number of rotatable bonds is 1. The molecular weight excluding hydrogens is 210 g/mol. The lowest BCUT2D eigenvalue weighted by Crippen LogP contribution is -2.30. The summed E-state index contributed by atoms with van der Waals surface area (Å²) in [4.78, 5) is 5.80. The van der Waals surface area contributed by atoms with Crippen molar-refractivity contribution >= 4 is 11.4 Å². The molecule has 0 spiro atoms. The number of aromatic amines is 1. The molecule has 92 valence electrons. The van der Waals surface area contributed by atoms with Crippen LogP contribution in [0.3, 0.4) is 0 Å². The highest BCUT2D eigenvalue weighted by atomic mass is 15.1. The monoisotopic (exact) mass is 231 g/mol. The Labute approximate surface area is 103 Å². The highest BCUT2D eigenvalue weighted by molar-refractivity contribution is 5.74. The number of H-pyrrole nitrogens is 1. The van der Waals surface area contributed by atoms with Crippen molar-refractivity contribution in [1.82, 2.24) is 9.88 Å². The third-order valence-electron chi connectivity index (χ3n) is 3.76. The zero-order valence-electron chi connectivity index (χ0n) is 10.7. The number of anilines is 1.